The van der Waals surface area contributed by atoms with Gasteiger partial charge in [0.15, 0.2) is 5.78 Å². The highest BCUT2D eigenvalue weighted by atomic mass is 19.1. The minimum atomic E-state index is -0.693. The molecule has 0 radical (unpaired) electrons. The number of pyridine rings is 3. The summed E-state index contributed by atoms with van der Waals surface area (Å²) in [5.41, 5.74) is 1.60. The lowest BCUT2D eigenvalue weighted by Gasteiger charge is -2.26. The van der Waals surface area contributed by atoms with Crippen LogP contribution in [0.4, 0.5) is 10.2 Å². The van der Waals surface area contributed by atoms with Gasteiger partial charge < -0.3 is 19.4 Å². The van der Waals surface area contributed by atoms with Crippen LogP contribution < -0.4 is 20.3 Å². The van der Waals surface area contributed by atoms with Gasteiger partial charge in [0.25, 0.3) is 11.5 Å². The predicted octanol–water partition coefficient (Wildman–Crippen LogP) is 6.11. The van der Waals surface area contributed by atoms with E-state index < -0.39 is 23.3 Å². The minimum Gasteiger partial charge on any atom is -0.497 e. The molecule has 1 N–H and O–H groups in total. The van der Waals surface area contributed by atoms with Crippen molar-refractivity contribution in [3.8, 4) is 17.2 Å². The highest BCUT2D eigenvalue weighted by Crippen LogP contribution is 2.31. The molecule has 5 aromatic rings. The van der Waals surface area contributed by atoms with Gasteiger partial charge in [-0.05, 0) is 73.9 Å². The minimum absolute atomic E-state index is 0.128. The summed E-state index contributed by atoms with van der Waals surface area (Å²) in [6.07, 6.45) is 4.55. The molecule has 216 valence electrons. The standard InChI is InChI=1S/C33H27FN4O5/c1-19(20-6-8-21(34)9-7-20)38-28-4-3-5-29(39)25(28)17-26(33(38)41)32(40)37-31-13-11-23(18-36-31)43-30-14-15-35-27-16-22(42-2)10-12-24(27)30/h6-19H,3-5H2,1-2H3,(H,36,37,40). The van der Waals surface area contributed by atoms with Crippen molar-refractivity contribution in [3.63, 3.8) is 0 Å². The Morgan fingerprint density at radius 1 is 0.977 bits per heavy atom. The van der Waals surface area contributed by atoms with E-state index in [0.717, 1.165) is 5.39 Å². The molecule has 0 aliphatic heterocycles. The van der Waals surface area contributed by atoms with Crippen molar-refractivity contribution in [2.75, 3.05) is 12.4 Å². The van der Waals surface area contributed by atoms with E-state index in [1.807, 2.05) is 18.2 Å². The van der Waals surface area contributed by atoms with Gasteiger partial charge in [-0.25, -0.2) is 9.37 Å². The normalized spacial score (nSPS) is 13.3. The van der Waals surface area contributed by atoms with Gasteiger partial charge in [0.1, 0.15) is 34.4 Å². The molecule has 0 saturated heterocycles. The van der Waals surface area contributed by atoms with Crippen molar-refractivity contribution in [2.45, 2.75) is 32.2 Å². The first-order valence-corrected chi connectivity index (χ1v) is 13.8. The fourth-order valence-corrected chi connectivity index (χ4v) is 5.32. The topological polar surface area (TPSA) is 112 Å². The number of methoxy groups -OCH3 is 1. The van der Waals surface area contributed by atoms with E-state index in [1.54, 1.807) is 50.6 Å². The number of halogens is 1. The molecule has 9 nitrogen and oxygen atoms in total. The lowest BCUT2D eigenvalue weighted by atomic mass is 9.92. The highest BCUT2D eigenvalue weighted by Gasteiger charge is 2.28. The third kappa shape index (κ3) is 5.46. The van der Waals surface area contributed by atoms with Crippen LogP contribution in [0.3, 0.4) is 0 Å². The third-order valence-electron chi connectivity index (χ3n) is 7.56. The van der Waals surface area contributed by atoms with Crippen LogP contribution in [0.5, 0.6) is 17.2 Å². The lowest BCUT2D eigenvalue weighted by molar-refractivity contribution is 0.0970. The summed E-state index contributed by atoms with van der Waals surface area (Å²) in [4.78, 5) is 48.6. The van der Waals surface area contributed by atoms with Gasteiger partial charge in [-0.15, -0.1) is 0 Å². The number of nitrogens with one attached hydrogen (secondary N) is 1. The van der Waals surface area contributed by atoms with E-state index in [1.165, 1.54) is 29.0 Å². The fourth-order valence-electron chi connectivity index (χ4n) is 5.32. The summed E-state index contributed by atoms with van der Waals surface area (Å²) in [7, 11) is 1.59. The summed E-state index contributed by atoms with van der Waals surface area (Å²) in [5.74, 6) is 0.657. The second-order valence-electron chi connectivity index (χ2n) is 10.2. The second kappa shape index (κ2) is 11.5. The van der Waals surface area contributed by atoms with Crippen LogP contribution in [0.2, 0.25) is 0 Å². The van der Waals surface area contributed by atoms with Crippen LogP contribution in [-0.4, -0.2) is 33.3 Å². The van der Waals surface area contributed by atoms with E-state index in [-0.39, 0.29) is 17.2 Å². The Balaban J connectivity index is 1.27. The Bertz CT molecular complexity index is 1920. The molecule has 3 aromatic heterocycles. The number of amides is 1. The van der Waals surface area contributed by atoms with Crippen molar-refractivity contribution in [3.05, 3.63) is 118 Å². The number of anilines is 1. The third-order valence-corrected chi connectivity index (χ3v) is 7.56. The first kappa shape index (κ1) is 27.8. The number of hydrogen-bond acceptors (Lipinski definition) is 7. The summed E-state index contributed by atoms with van der Waals surface area (Å²) in [6.45, 7) is 1.79. The molecule has 43 heavy (non-hydrogen) atoms. The predicted molar refractivity (Wildman–Crippen MR) is 159 cm³/mol. The molecule has 0 saturated carbocycles. The van der Waals surface area contributed by atoms with Gasteiger partial charge in [0.2, 0.25) is 0 Å². The number of fused-ring (bicyclic) bond motifs is 2. The van der Waals surface area contributed by atoms with Crippen LogP contribution in [0.25, 0.3) is 10.9 Å². The van der Waals surface area contributed by atoms with Crippen molar-refractivity contribution >= 4 is 28.4 Å². The summed E-state index contributed by atoms with van der Waals surface area (Å²) in [6, 6.07) is 17.1. The van der Waals surface area contributed by atoms with Crippen LogP contribution in [0.15, 0.2) is 83.9 Å². The number of hydrogen-bond donors (Lipinski definition) is 1. The van der Waals surface area contributed by atoms with Crippen LogP contribution in [-0.2, 0) is 6.42 Å². The molecule has 3 heterocycles. The fraction of sp³-hybridized carbons (Fsp3) is 0.182. The maximum atomic E-state index is 13.7. The zero-order valence-corrected chi connectivity index (χ0v) is 23.5. The largest absolute Gasteiger partial charge is 0.497 e. The zero-order valence-electron chi connectivity index (χ0n) is 23.5. The molecule has 10 heteroatoms. The Morgan fingerprint density at radius 3 is 2.51 bits per heavy atom. The van der Waals surface area contributed by atoms with Gasteiger partial charge in [0.05, 0.1) is 24.9 Å². The van der Waals surface area contributed by atoms with E-state index in [9.17, 15) is 18.8 Å². The van der Waals surface area contributed by atoms with Crippen LogP contribution in [0.1, 0.15) is 57.8 Å². The molecule has 1 atom stereocenters. The lowest BCUT2D eigenvalue weighted by Crippen LogP contribution is -2.36. The van der Waals surface area contributed by atoms with E-state index >= 15 is 0 Å². The molecular weight excluding hydrogens is 551 g/mol. The Hall–Kier alpha value is -5.38. The second-order valence-corrected chi connectivity index (χ2v) is 10.2. The van der Waals surface area contributed by atoms with Gasteiger partial charge in [-0.2, -0.15) is 0 Å². The number of ether oxygens (including phenoxy) is 2. The maximum Gasteiger partial charge on any atom is 0.264 e. The SMILES string of the molecule is COc1ccc2c(Oc3ccc(NC(=O)c4cc5c(n(C(C)c6ccc(F)cc6)c4=O)CCCC5=O)nc3)ccnc2c1. The zero-order chi connectivity index (χ0) is 30.1. The van der Waals surface area contributed by atoms with Crippen molar-refractivity contribution in [1.82, 2.24) is 14.5 Å². The van der Waals surface area contributed by atoms with Gasteiger partial charge in [-0.3, -0.25) is 19.4 Å². The Morgan fingerprint density at radius 2 is 1.77 bits per heavy atom. The summed E-state index contributed by atoms with van der Waals surface area (Å²) >= 11 is 0. The molecular formula is C33H27FN4O5. The number of nitrogens with zero attached hydrogens (tertiary/aromatic N) is 3. The molecule has 0 spiro atoms. The Labute approximate surface area is 245 Å². The summed E-state index contributed by atoms with van der Waals surface area (Å²) in [5, 5.41) is 3.45. The van der Waals surface area contributed by atoms with E-state index in [4.69, 9.17) is 9.47 Å². The molecule has 6 rings (SSSR count). The van der Waals surface area contributed by atoms with Gasteiger partial charge in [-0.1, -0.05) is 12.1 Å². The molecule has 1 aliphatic rings. The van der Waals surface area contributed by atoms with E-state index in [0.29, 0.717) is 58.8 Å². The number of Topliss-reactive ketones (excluding diaryl/α,β-unsaturated/α-hetero) is 1. The first-order valence-electron chi connectivity index (χ1n) is 13.8. The number of carbonyl (C=O) groups is 2. The molecule has 1 unspecified atom stereocenters. The number of aromatic nitrogens is 3. The average Bonchev–Trinajstić information content (AvgIpc) is 3.02. The maximum absolute atomic E-state index is 13.7. The van der Waals surface area contributed by atoms with Crippen molar-refractivity contribution < 1.29 is 23.5 Å². The van der Waals surface area contributed by atoms with Crippen LogP contribution in [0, 0.1) is 5.82 Å². The quantitative estimate of drug-likeness (QED) is 0.248. The van der Waals surface area contributed by atoms with Gasteiger partial charge in [0, 0.05) is 35.3 Å². The van der Waals surface area contributed by atoms with Crippen molar-refractivity contribution in [1.29, 1.82) is 0 Å². The molecule has 2 aromatic carbocycles. The van der Waals surface area contributed by atoms with E-state index in [2.05, 4.69) is 15.3 Å². The number of rotatable bonds is 7. The van der Waals surface area contributed by atoms with Crippen LogP contribution >= 0.6 is 0 Å². The molecule has 0 fully saturated rings. The molecule has 1 aliphatic carbocycles. The number of ketones is 1. The van der Waals surface area contributed by atoms with Crippen molar-refractivity contribution in [2.24, 2.45) is 0 Å². The first-order chi connectivity index (χ1) is 20.8. The smallest absolute Gasteiger partial charge is 0.264 e. The molecule has 1 amide bonds. The van der Waals surface area contributed by atoms with Gasteiger partial charge >= 0.3 is 0 Å². The average molecular weight is 579 g/mol. The molecule has 0 bridgehead atoms. The summed E-state index contributed by atoms with van der Waals surface area (Å²) < 4.78 is 26.3. The Kier molecular flexibility index (Phi) is 7.41. The number of benzene rings is 2. The highest BCUT2D eigenvalue weighted by molar-refractivity contribution is 6.06. The number of carbonyl (C=O) groups excluding carboxylic acids is 2. The monoisotopic (exact) mass is 578 g/mol.